The number of thiazole rings is 1. The third-order valence-corrected chi connectivity index (χ3v) is 5.53. The molecular weight excluding hydrogens is 350 g/mol. The summed E-state index contributed by atoms with van der Waals surface area (Å²) in [5.74, 6) is 0.598. The topological polar surface area (TPSA) is 71.5 Å². The summed E-state index contributed by atoms with van der Waals surface area (Å²) in [6, 6.07) is 5.49. The number of rotatable bonds is 4. The Morgan fingerprint density at radius 2 is 2.00 bits per heavy atom. The second kappa shape index (κ2) is 7.86. The Morgan fingerprint density at radius 1 is 1.27 bits per heavy atom. The third-order valence-electron chi connectivity index (χ3n) is 4.66. The maximum Gasteiger partial charge on any atom is 0.253 e. The first-order valence-electron chi connectivity index (χ1n) is 8.65. The van der Waals surface area contributed by atoms with Gasteiger partial charge in [0, 0.05) is 30.0 Å². The highest BCUT2D eigenvalue weighted by Crippen LogP contribution is 2.24. The van der Waals surface area contributed by atoms with Crippen LogP contribution in [0.1, 0.15) is 34.5 Å². The van der Waals surface area contributed by atoms with Gasteiger partial charge in [0.2, 0.25) is 5.91 Å². The Labute approximate surface area is 157 Å². The van der Waals surface area contributed by atoms with E-state index in [1.807, 2.05) is 31.4 Å². The Hall–Kier alpha value is -2.41. The van der Waals surface area contributed by atoms with Gasteiger partial charge in [0.1, 0.15) is 5.75 Å². The van der Waals surface area contributed by atoms with E-state index in [9.17, 15) is 9.59 Å². The smallest absolute Gasteiger partial charge is 0.253 e. The number of likely N-dealkylation sites (tertiary alicyclic amines) is 1. The van der Waals surface area contributed by atoms with Crippen molar-refractivity contribution in [3.05, 3.63) is 40.4 Å². The summed E-state index contributed by atoms with van der Waals surface area (Å²) in [7, 11) is 1.60. The minimum atomic E-state index is -0.0872. The lowest BCUT2D eigenvalue weighted by Crippen LogP contribution is -2.41. The molecule has 1 aliphatic heterocycles. The van der Waals surface area contributed by atoms with E-state index in [-0.39, 0.29) is 17.7 Å². The number of aryl methyl sites for hydroxylation is 2. The number of carbonyl (C=O) groups is 2. The second-order valence-corrected chi connectivity index (χ2v) is 7.39. The summed E-state index contributed by atoms with van der Waals surface area (Å²) in [6.45, 7) is 4.99. The van der Waals surface area contributed by atoms with Gasteiger partial charge in [0.25, 0.3) is 5.91 Å². The molecule has 7 heteroatoms. The van der Waals surface area contributed by atoms with E-state index in [2.05, 4.69) is 10.3 Å². The Bertz CT molecular complexity index is 810. The van der Waals surface area contributed by atoms with Crippen LogP contribution in [0, 0.1) is 19.8 Å². The van der Waals surface area contributed by atoms with Gasteiger partial charge in [-0.2, -0.15) is 0 Å². The molecule has 0 saturated carbocycles. The molecule has 1 N–H and O–H groups in total. The quantitative estimate of drug-likeness (QED) is 0.893. The fourth-order valence-corrected chi connectivity index (χ4v) is 3.79. The number of piperidine rings is 1. The number of carbonyl (C=O) groups excluding carboxylic acids is 2. The summed E-state index contributed by atoms with van der Waals surface area (Å²) in [5, 5.41) is 5.42. The number of amides is 2. The molecule has 1 aromatic carbocycles. The van der Waals surface area contributed by atoms with E-state index in [1.54, 1.807) is 18.1 Å². The molecule has 0 radical (unpaired) electrons. The fourth-order valence-electron chi connectivity index (χ4n) is 3.10. The van der Waals surface area contributed by atoms with Crippen LogP contribution in [0.3, 0.4) is 0 Å². The van der Waals surface area contributed by atoms with Crippen LogP contribution in [-0.4, -0.2) is 41.9 Å². The van der Waals surface area contributed by atoms with Crippen LogP contribution in [-0.2, 0) is 4.79 Å². The largest absolute Gasteiger partial charge is 0.496 e. The molecule has 0 aliphatic carbocycles. The normalized spacial score (nSPS) is 15.0. The number of aromatic nitrogens is 1. The molecule has 2 amide bonds. The zero-order chi connectivity index (χ0) is 18.7. The van der Waals surface area contributed by atoms with E-state index < -0.39 is 0 Å². The van der Waals surface area contributed by atoms with E-state index in [4.69, 9.17) is 4.74 Å². The van der Waals surface area contributed by atoms with E-state index in [1.165, 1.54) is 11.3 Å². The molecule has 138 valence electrons. The number of hydrogen-bond acceptors (Lipinski definition) is 5. The first-order valence-corrected chi connectivity index (χ1v) is 9.53. The maximum absolute atomic E-state index is 12.7. The lowest BCUT2D eigenvalue weighted by Gasteiger charge is -2.31. The maximum atomic E-state index is 12.7. The predicted molar refractivity (Wildman–Crippen MR) is 102 cm³/mol. The highest BCUT2D eigenvalue weighted by atomic mass is 32.1. The molecule has 1 fully saturated rings. The van der Waals surface area contributed by atoms with E-state index in [0.29, 0.717) is 42.4 Å². The summed E-state index contributed by atoms with van der Waals surface area (Å²) < 4.78 is 5.30. The standard InChI is InChI=1S/C19H23N3O3S/c1-12-4-5-15(10-16(12)25-3)18(24)22-8-6-14(7-9-22)17(23)21-19-20-13(2)11-26-19/h4-5,10-11,14H,6-9H2,1-3H3,(H,20,21,23). The van der Waals surface area contributed by atoms with Crippen molar-refractivity contribution in [2.45, 2.75) is 26.7 Å². The summed E-state index contributed by atoms with van der Waals surface area (Å²) in [6.07, 6.45) is 1.32. The molecule has 3 rings (SSSR count). The third kappa shape index (κ3) is 4.04. The lowest BCUT2D eigenvalue weighted by atomic mass is 9.95. The van der Waals surface area contributed by atoms with Gasteiger partial charge >= 0.3 is 0 Å². The van der Waals surface area contributed by atoms with Gasteiger partial charge in [-0.15, -0.1) is 11.3 Å². The van der Waals surface area contributed by atoms with Gasteiger partial charge in [0.15, 0.2) is 5.13 Å². The Morgan fingerprint density at radius 3 is 2.62 bits per heavy atom. The first kappa shape index (κ1) is 18.4. The van der Waals surface area contributed by atoms with Crippen molar-refractivity contribution in [1.82, 2.24) is 9.88 Å². The molecule has 1 aliphatic rings. The van der Waals surface area contributed by atoms with Crippen molar-refractivity contribution < 1.29 is 14.3 Å². The summed E-state index contributed by atoms with van der Waals surface area (Å²) in [4.78, 5) is 31.2. The number of ether oxygens (including phenoxy) is 1. The zero-order valence-electron chi connectivity index (χ0n) is 15.2. The molecule has 0 unspecified atom stereocenters. The molecule has 0 atom stereocenters. The minimum Gasteiger partial charge on any atom is -0.496 e. The van der Waals surface area contributed by atoms with Crippen molar-refractivity contribution >= 4 is 28.3 Å². The SMILES string of the molecule is COc1cc(C(=O)N2CCC(C(=O)Nc3nc(C)cs3)CC2)ccc1C. The van der Waals surface area contributed by atoms with Crippen LogP contribution >= 0.6 is 11.3 Å². The van der Waals surface area contributed by atoms with Crippen LogP contribution in [0.15, 0.2) is 23.6 Å². The fraction of sp³-hybridized carbons (Fsp3) is 0.421. The number of methoxy groups -OCH3 is 1. The van der Waals surface area contributed by atoms with Crippen molar-refractivity contribution in [3.63, 3.8) is 0 Å². The average Bonchev–Trinajstić information content (AvgIpc) is 3.06. The average molecular weight is 373 g/mol. The molecule has 2 aromatic rings. The minimum absolute atomic E-state index is 0.0107. The zero-order valence-corrected chi connectivity index (χ0v) is 16.1. The second-order valence-electron chi connectivity index (χ2n) is 6.53. The molecule has 0 bridgehead atoms. The number of hydrogen-bond donors (Lipinski definition) is 1. The van der Waals surface area contributed by atoms with Crippen LogP contribution in [0.5, 0.6) is 5.75 Å². The molecule has 2 heterocycles. The number of anilines is 1. The molecule has 26 heavy (non-hydrogen) atoms. The molecule has 1 saturated heterocycles. The van der Waals surface area contributed by atoms with Crippen molar-refractivity contribution in [1.29, 1.82) is 0 Å². The van der Waals surface area contributed by atoms with Crippen LogP contribution in [0.25, 0.3) is 0 Å². The van der Waals surface area contributed by atoms with Crippen molar-refractivity contribution in [3.8, 4) is 5.75 Å². The molecule has 6 nitrogen and oxygen atoms in total. The van der Waals surface area contributed by atoms with Gasteiger partial charge in [-0.05, 0) is 44.4 Å². The van der Waals surface area contributed by atoms with Crippen LogP contribution in [0.4, 0.5) is 5.13 Å². The summed E-state index contributed by atoms with van der Waals surface area (Å²) in [5.41, 5.74) is 2.52. The van der Waals surface area contributed by atoms with E-state index >= 15 is 0 Å². The Balaban J connectivity index is 1.57. The van der Waals surface area contributed by atoms with Crippen LogP contribution in [0.2, 0.25) is 0 Å². The van der Waals surface area contributed by atoms with Gasteiger partial charge in [0.05, 0.1) is 12.8 Å². The number of nitrogens with zero attached hydrogens (tertiary/aromatic N) is 2. The number of nitrogens with one attached hydrogen (secondary N) is 1. The predicted octanol–water partition coefficient (Wildman–Crippen LogP) is 3.26. The van der Waals surface area contributed by atoms with Crippen LogP contribution < -0.4 is 10.1 Å². The highest BCUT2D eigenvalue weighted by molar-refractivity contribution is 7.13. The van der Waals surface area contributed by atoms with Crippen molar-refractivity contribution in [2.75, 3.05) is 25.5 Å². The van der Waals surface area contributed by atoms with Gasteiger partial charge in [-0.25, -0.2) is 4.98 Å². The number of benzene rings is 1. The van der Waals surface area contributed by atoms with Gasteiger partial charge in [-0.3, -0.25) is 9.59 Å². The first-order chi connectivity index (χ1) is 12.5. The molecule has 0 spiro atoms. The van der Waals surface area contributed by atoms with E-state index in [0.717, 1.165) is 11.3 Å². The van der Waals surface area contributed by atoms with Gasteiger partial charge < -0.3 is 15.0 Å². The lowest BCUT2D eigenvalue weighted by molar-refractivity contribution is -0.121. The van der Waals surface area contributed by atoms with Gasteiger partial charge in [-0.1, -0.05) is 6.07 Å². The monoisotopic (exact) mass is 373 g/mol. The molecular formula is C19H23N3O3S. The Kier molecular flexibility index (Phi) is 5.56. The molecule has 1 aromatic heterocycles. The summed E-state index contributed by atoms with van der Waals surface area (Å²) >= 11 is 1.43. The van der Waals surface area contributed by atoms with Crippen molar-refractivity contribution in [2.24, 2.45) is 5.92 Å². The highest BCUT2D eigenvalue weighted by Gasteiger charge is 2.28.